The highest BCUT2D eigenvalue weighted by Crippen LogP contribution is 2.39. The van der Waals surface area contributed by atoms with E-state index in [0.717, 1.165) is 22.6 Å². The predicted octanol–water partition coefficient (Wildman–Crippen LogP) is 5.67. The van der Waals surface area contributed by atoms with Crippen molar-refractivity contribution in [3.63, 3.8) is 0 Å². The molecule has 0 aliphatic carbocycles. The zero-order valence-corrected chi connectivity index (χ0v) is 21.7. The molecule has 0 radical (unpaired) electrons. The van der Waals surface area contributed by atoms with Gasteiger partial charge in [0.15, 0.2) is 16.7 Å². The van der Waals surface area contributed by atoms with Crippen LogP contribution in [0.5, 0.6) is 17.2 Å². The molecule has 0 bridgehead atoms. The Bertz CT molecular complexity index is 1330. The Balaban J connectivity index is 1.59. The molecule has 4 rings (SSSR count). The van der Waals surface area contributed by atoms with Crippen LogP contribution in [-0.4, -0.2) is 39.9 Å². The molecule has 0 unspecified atom stereocenters. The Labute approximate surface area is 219 Å². The average molecular weight is 521 g/mol. The molecule has 4 aromatic rings. The van der Waals surface area contributed by atoms with E-state index in [0.29, 0.717) is 35.7 Å². The van der Waals surface area contributed by atoms with Crippen LogP contribution in [0.15, 0.2) is 78.0 Å². The van der Waals surface area contributed by atoms with Crippen molar-refractivity contribution in [1.29, 1.82) is 0 Å². The highest BCUT2D eigenvalue weighted by molar-refractivity contribution is 7.99. The van der Waals surface area contributed by atoms with Crippen LogP contribution in [0.25, 0.3) is 5.69 Å². The van der Waals surface area contributed by atoms with Gasteiger partial charge in [0.1, 0.15) is 23.4 Å². The van der Waals surface area contributed by atoms with E-state index < -0.39 is 5.25 Å². The van der Waals surface area contributed by atoms with Gasteiger partial charge in [0, 0.05) is 10.6 Å². The molecule has 10 heteroatoms. The van der Waals surface area contributed by atoms with Gasteiger partial charge in [-0.25, -0.2) is 0 Å². The number of thioether (sulfide) groups is 1. The van der Waals surface area contributed by atoms with Crippen LogP contribution in [0, 0.1) is 17.0 Å². The van der Waals surface area contributed by atoms with Crippen LogP contribution >= 0.6 is 11.8 Å². The van der Waals surface area contributed by atoms with E-state index >= 15 is 0 Å². The highest BCUT2D eigenvalue weighted by Gasteiger charge is 2.25. The molecule has 0 saturated heterocycles. The summed E-state index contributed by atoms with van der Waals surface area (Å²) in [5, 5.41) is 20.2. The number of aryl methyl sites for hydroxylation is 1. The third-order valence-corrected chi connectivity index (χ3v) is 6.74. The van der Waals surface area contributed by atoms with Gasteiger partial charge in [0.25, 0.3) is 0 Å². The van der Waals surface area contributed by atoms with Gasteiger partial charge in [-0.2, -0.15) is 0 Å². The number of rotatable bonds is 12. The van der Waals surface area contributed by atoms with Gasteiger partial charge in [-0.3, -0.25) is 14.7 Å². The maximum absolute atomic E-state index is 11.6. The Morgan fingerprint density at radius 3 is 2.43 bits per heavy atom. The van der Waals surface area contributed by atoms with Crippen molar-refractivity contribution in [2.75, 3.05) is 20.3 Å². The summed E-state index contributed by atoms with van der Waals surface area (Å²) in [4.78, 5) is 11.3. The largest absolute Gasteiger partial charge is 0.494 e. The fourth-order valence-electron chi connectivity index (χ4n) is 3.79. The van der Waals surface area contributed by atoms with Gasteiger partial charge in [0.2, 0.25) is 6.54 Å². The van der Waals surface area contributed by atoms with Gasteiger partial charge < -0.3 is 14.2 Å². The van der Waals surface area contributed by atoms with Crippen molar-refractivity contribution in [3.8, 4) is 22.9 Å². The molecule has 3 aromatic carbocycles. The zero-order valence-electron chi connectivity index (χ0n) is 20.9. The van der Waals surface area contributed by atoms with Crippen molar-refractivity contribution in [3.05, 3.63) is 99.9 Å². The third-order valence-electron chi connectivity index (χ3n) is 5.56. The molecule has 1 atom stereocenters. The first-order chi connectivity index (χ1) is 18.0. The molecule has 37 heavy (non-hydrogen) atoms. The molecule has 1 aromatic heterocycles. The topological polar surface area (TPSA) is 102 Å². The lowest BCUT2D eigenvalue weighted by molar-refractivity contribution is -0.479. The molecular formula is C27H28N4O5S. The fraction of sp³-hybridized carbons (Fsp3) is 0.259. The van der Waals surface area contributed by atoms with Gasteiger partial charge in [0.05, 0.1) is 13.7 Å². The van der Waals surface area contributed by atoms with Crippen LogP contribution in [0.1, 0.15) is 29.1 Å². The summed E-state index contributed by atoms with van der Waals surface area (Å²) in [6.07, 6.45) is 0. The third kappa shape index (κ3) is 6.59. The van der Waals surface area contributed by atoms with E-state index in [-0.39, 0.29) is 11.5 Å². The Kier molecular flexibility index (Phi) is 8.63. The van der Waals surface area contributed by atoms with Gasteiger partial charge >= 0.3 is 0 Å². The lowest BCUT2D eigenvalue weighted by Crippen LogP contribution is -2.11. The highest BCUT2D eigenvalue weighted by atomic mass is 32.2. The van der Waals surface area contributed by atoms with E-state index in [9.17, 15) is 10.1 Å². The number of hydrogen-bond donors (Lipinski definition) is 0. The standard InChI is InChI=1S/C27H28N4O5S/c1-4-35-23-13-11-22(12-14-23)31-19(2)28-29-27(31)37-26(17-30(32)33)21-10-15-24(25(16-21)34-3)36-18-20-8-6-5-7-9-20/h5-16,26H,4,17-18H2,1-3H3/t26-/m0/s1. The van der Waals surface area contributed by atoms with Crippen molar-refractivity contribution in [2.45, 2.75) is 30.9 Å². The molecular weight excluding hydrogens is 492 g/mol. The first-order valence-corrected chi connectivity index (χ1v) is 12.6. The number of ether oxygens (including phenoxy) is 3. The van der Waals surface area contributed by atoms with Crippen molar-refractivity contribution < 1.29 is 19.1 Å². The molecule has 0 N–H and O–H groups in total. The second kappa shape index (κ2) is 12.3. The molecule has 192 valence electrons. The molecule has 0 aliphatic heterocycles. The fourth-order valence-corrected chi connectivity index (χ4v) is 4.95. The number of benzene rings is 3. The van der Waals surface area contributed by atoms with E-state index in [1.54, 1.807) is 19.2 Å². The maximum Gasteiger partial charge on any atom is 0.220 e. The number of nitrogens with zero attached hydrogens (tertiary/aromatic N) is 4. The minimum atomic E-state index is -0.530. The van der Waals surface area contributed by atoms with E-state index in [2.05, 4.69) is 10.2 Å². The Hall–Kier alpha value is -4.05. The lowest BCUT2D eigenvalue weighted by atomic mass is 10.1. The molecule has 0 spiro atoms. The lowest BCUT2D eigenvalue weighted by Gasteiger charge is -2.17. The van der Waals surface area contributed by atoms with Crippen LogP contribution < -0.4 is 14.2 Å². The van der Waals surface area contributed by atoms with Crippen molar-refractivity contribution in [2.24, 2.45) is 0 Å². The number of methoxy groups -OCH3 is 1. The molecule has 9 nitrogen and oxygen atoms in total. The Morgan fingerprint density at radius 1 is 1.00 bits per heavy atom. The van der Waals surface area contributed by atoms with Crippen LogP contribution in [0.3, 0.4) is 0 Å². The molecule has 0 amide bonds. The van der Waals surface area contributed by atoms with Crippen LogP contribution in [-0.2, 0) is 6.61 Å². The first-order valence-electron chi connectivity index (χ1n) is 11.8. The molecule has 1 heterocycles. The maximum atomic E-state index is 11.6. The average Bonchev–Trinajstić information content (AvgIpc) is 3.27. The summed E-state index contributed by atoms with van der Waals surface area (Å²) < 4.78 is 18.9. The second-order valence-corrected chi connectivity index (χ2v) is 9.27. The number of hydrogen-bond acceptors (Lipinski definition) is 8. The predicted molar refractivity (Wildman–Crippen MR) is 141 cm³/mol. The first kappa shape index (κ1) is 26.0. The van der Waals surface area contributed by atoms with E-state index in [1.165, 1.54) is 11.8 Å². The van der Waals surface area contributed by atoms with Crippen LogP contribution in [0.2, 0.25) is 0 Å². The van der Waals surface area contributed by atoms with Gasteiger partial charge in [-0.1, -0.05) is 48.2 Å². The summed E-state index contributed by atoms with van der Waals surface area (Å²) in [5.74, 6) is 2.51. The minimum Gasteiger partial charge on any atom is -0.494 e. The number of nitro groups is 1. The summed E-state index contributed by atoms with van der Waals surface area (Å²) in [5.41, 5.74) is 2.60. The molecule has 0 aliphatic rings. The quantitative estimate of drug-likeness (QED) is 0.134. The normalized spacial score (nSPS) is 11.6. The van der Waals surface area contributed by atoms with E-state index in [4.69, 9.17) is 14.2 Å². The summed E-state index contributed by atoms with van der Waals surface area (Å²) in [6, 6.07) is 22.8. The van der Waals surface area contributed by atoms with E-state index in [1.807, 2.05) is 79.1 Å². The molecule has 0 saturated carbocycles. The second-order valence-electron chi connectivity index (χ2n) is 8.10. The summed E-state index contributed by atoms with van der Waals surface area (Å²) in [6.45, 7) is 4.44. The molecule has 0 fully saturated rings. The van der Waals surface area contributed by atoms with Crippen molar-refractivity contribution >= 4 is 11.8 Å². The SMILES string of the molecule is CCOc1ccc(-n2c(C)nnc2S[C@@H](C[N+](=O)[O-])c2ccc(OCc3ccccc3)c(OC)c2)cc1. The summed E-state index contributed by atoms with van der Waals surface area (Å²) in [7, 11) is 1.55. The monoisotopic (exact) mass is 520 g/mol. The summed E-state index contributed by atoms with van der Waals surface area (Å²) >= 11 is 1.28. The minimum absolute atomic E-state index is 0.298. The smallest absolute Gasteiger partial charge is 0.220 e. The van der Waals surface area contributed by atoms with Crippen LogP contribution in [0.4, 0.5) is 0 Å². The van der Waals surface area contributed by atoms with Crippen molar-refractivity contribution in [1.82, 2.24) is 14.8 Å². The van der Waals surface area contributed by atoms with Gasteiger partial charge in [-0.05, 0) is 61.4 Å². The zero-order chi connectivity index (χ0) is 26.2. The Morgan fingerprint density at radius 2 is 1.76 bits per heavy atom. The number of aromatic nitrogens is 3. The van der Waals surface area contributed by atoms with Gasteiger partial charge in [-0.15, -0.1) is 10.2 Å².